The van der Waals surface area contributed by atoms with E-state index in [1.54, 1.807) is 0 Å². The zero-order valence-electron chi connectivity index (χ0n) is 36.8. The van der Waals surface area contributed by atoms with Gasteiger partial charge in [-0.2, -0.15) is 0 Å². The van der Waals surface area contributed by atoms with Gasteiger partial charge < -0.3 is 9.13 Å². The molecule has 0 N–H and O–H groups in total. The number of hydrogen-bond donors (Lipinski definition) is 0. The third-order valence-electron chi connectivity index (χ3n) is 13.1. The van der Waals surface area contributed by atoms with E-state index in [0.29, 0.717) is 0 Å². The second kappa shape index (κ2) is 20.4. The fraction of sp³-hybridized carbons (Fsp3) is 0.172. The van der Waals surface area contributed by atoms with Gasteiger partial charge in [-0.1, -0.05) is 246 Å². The highest BCUT2D eigenvalue weighted by atomic mass is 79.9. The molecule has 0 fully saturated rings. The number of rotatable bonds is 6. The number of halogens is 4. The number of hydrogen-bond acceptors (Lipinski definition) is 2. The summed E-state index contributed by atoms with van der Waals surface area (Å²) >= 11 is 15.8. The summed E-state index contributed by atoms with van der Waals surface area (Å²) in [4.78, 5) is 0.562. The van der Waals surface area contributed by atoms with Gasteiger partial charge in [0.1, 0.15) is 0 Å². The molecule has 8 aromatic carbocycles. The van der Waals surface area contributed by atoms with Crippen molar-refractivity contribution in [2.45, 2.75) is 58.8 Å². The average Bonchev–Trinajstić information content (AvgIpc) is 3.34. The first-order valence-corrected chi connectivity index (χ1v) is 29.5. The number of aryl methyl sites for hydroxylation is 2. The van der Waals surface area contributed by atoms with Crippen molar-refractivity contribution in [2.24, 2.45) is 0 Å². The first-order chi connectivity index (χ1) is 31.9. The Morgan fingerprint density at radius 3 is 1.26 bits per heavy atom. The average molecular weight is 1160 g/mol. The monoisotopic (exact) mass is 1160 g/mol. The Morgan fingerprint density at radius 1 is 0.364 bits per heavy atom. The standard InChI is InChI=1S/2C29H25Br2OP/c1-20-16-21-12-14-25(20)27(30)18-22-13-15-26(28(31)17-21)29(19-22)33(32,23-8-4-2-5-9-23)24-10-6-3-7-11-24;1-20-16-22-13-12-21(20)17-27(30)23-14-15-24(18-28(22)31)29(19-23)33(32,25-8-4-2-5-9-25)26-10-6-3-7-11-26/h2*2-16,19,27-28H,17-18H2,1H3. The molecular weight excluding hydrogens is 1110 g/mol. The molecule has 8 aliphatic carbocycles. The Balaban J connectivity index is 0.000000166. The highest BCUT2D eigenvalue weighted by molar-refractivity contribution is 9.09. The molecule has 0 saturated carbocycles. The maximum absolute atomic E-state index is 15.2. The molecule has 8 heteroatoms. The fourth-order valence-corrected chi connectivity index (χ4v) is 18.5. The Bertz CT molecular complexity index is 3000. The maximum atomic E-state index is 15.2. The molecular formula is C58H50Br4O2P2. The first-order valence-electron chi connectivity index (χ1n) is 22.4. The SMILES string of the molecule is Cc1cc2ccc1C(Br)Cc1ccc(c(P(=O)(c3ccccc3)c3ccccc3)c1)C(Br)C2.Cc1cc2ccc1CC(Br)c1ccc(c(P(=O)(c3ccccc3)c3ccccc3)c1)CC2Br. The molecule has 16 rings (SSSR count). The van der Waals surface area contributed by atoms with Gasteiger partial charge in [-0.25, -0.2) is 0 Å². The van der Waals surface area contributed by atoms with Crippen LogP contribution in [0.25, 0.3) is 0 Å². The van der Waals surface area contributed by atoms with Gasteiger partial charge in [0.25, 0.3) is 0 Å². The molecule has 2 nitrogen and oxygen atoms in total. The molecule has 66 heavy (non-hydrogen) atoms. The van der Waals surface area contributed by atoms with Crippen LogP contribution in [0.15, 0.2) is 194 Å². The molecule has 332 valence electrons. The molecule has 0 spiro atoms. The third-order valence-corrected chi connectivity index (χ3v) is 22.7. The summed E-state index contributed by atoms with van der Waals surface area (Å²) in [6.07, 6.45) is 3.33. The van der Waals surface area contributed by atoms with E-state index in [2.05, 4.69) is 150 Å². The second-order valence-corrected chi connectivity index (χ2v) is 27.3. The van der Waals surface area contributed by atoms with Gasteiger partial charge in [0, 0.05) is 51.1 Å². The normalized spacial score (nSPS) is 18.0. The smallest absolute Gasteiger partial charge is 0.171 e. The maximum Gasteiger partial charge on any atom is 0.171 e. The Hall–Kier alpha value is -3.86. The molecule has 8 aromatic rings. The molecule has 0 aromatic heterocycles. The van der Waals surface area contributed by atoms with E-state index in [-0.39, 0.29) is 19.3 Å². The van der Waals surface area contributed by atoms with Crippen LogP contribution in [-0.4, -0.2) is 0 Å². The van der Waals surface area contributed by atoms with Crippen LogP contribution in [0.5, 0.6) is 0 Å². The fourth-order valence-electron chi connectivity index (χ4n) is 9.52. The van der Waals surface area contributed by atoms with Gasteiger partial charge in [0.05, 0.1) is 0 Å². The topological polar surface area (TPSA) is 34.1 Å². The van der Waals surface area contributed by atoms with Crippen molar-refractivity contribution in [3.8, 4) is 0 Å². The Labute approximate surface area is 424 Å². The Morgan fingerprint density at radius 2 is 0.773 bits per heavy atom. The highest BCUT2D eigenvalue weighted by Crippen LogP contribution is 2.48. The van der Waals surface area contributed by atoms with Crippen molar-refractivity contribution in [2.75, 3.05) is 0 Å². The van der Waals surface area contributed by atoms with Crippen LogP contribution >= 0.6 is 78.0 Å². The van der Waals surface area contributed by atoms with Crippen LogP contribution in [0.3, 0.4) is 0 Å². The lowest BCUT2D eigenvalue weighted by Crippen LogP contribution is -2.28. The second-order valence-electron chi connectivity index (χ2n) is 17.4. The zero-order valence-corrected chi connectivity index (χ0v) is 45.0. The molecule has 0 heterocycles. The Kier molecular flexibility index (Phi) is 14.6. The molecule has 4 atom stereocenters. The summed E-state index contributed by atoms with van der Waals surface area (Å²) in [5.41, 5.74) is 12.4. The predicted molar refractivity (Wildman–Crippen MR) is 296 cm³/mol. The summed E-state index contributed by atoms with van der Waals surface area (Å²) < 4.78 is 30.4. The summed E-state index contributed by atoms with van der Waals surface area (Å²) in [6, 6.07) is 66.5. The van der Waals surface area contributed by atoms with E-state index in [0.717, 1.165) is 74.2 Å². The summed E-state index contributed by atoms with van der Waals surface area (Å²) in [7, 11) is -6.14. The van der Waals surface area contributed by atoms with Crippen LogP contribution in [0, 0.1) is 13.8 Å². The number of alkyl halides is 4. The lowest BCUT2D eigenvalue weighted by atomic mass is 9.94. The molecule has 0 amide bonds. The van der Waals surface area contributed by atoms with E-state index in [1.165, 1.54) is 38.9 Å². The van der Waals surface area contributed by atoms with Gasteiger partial charge in [-0.05, 0) is 107 Å². The van der Waals surface area contributed by atoms with Crippen LogP contribution in [0.1, 0.15) is 74.9 Å². The van der Waals surface area contributed by atoms with Gasteiger partial charge >= 0.3 is 0 Å². The lowest BCUT2D eigenvalue weighted by molar-refractivity contribution is 0.591. The van der Waals surface area contributed by atoms with E-state index < -0.39 is 14.3 Å². The summed E-state index contributed by atoms with van der Waals surface area (Å²) in [5, 5.41) is 5.37. The molecule has 8 aliphatic rings. The van der Waals surface area contributed by atoms with Crippen LogP contribution < -0.4 is 31.8 Å². The minimum Gasteiger partial charge on any atom is -0.309 e. The van der Waals surface area contributed by atoms with Crippen molar-refractivity contribution in [3.63, 3.8) is 0 Å². The van der Waals surface area contributed by atoms with Gasteiger partial charge in [0.2, 0.25) is 0 Å². The van der Waals surface area contributed by atoms with Crippen molar-refractivity contribution in [3.05, 3.63) is 250 Å². The quantitative estimate of drug-likeness (QED) is 0.123. The molecule has 0 aliphatic heterocycles. The van der Waals surface area contributed by atoms with Crippen LogP contribution in [-0.2, 0) is 34.8 Å². The minimum atomic E-state index is -3.08. The minimum absolute atomic E-state index is 0.0618. The molecule has 0 radical (unpaired) electrons. The van der Waals surface area contributed by atoms with Crippen LogP contribution in [0.2, 0.25) is 0 Å². The predicted octanol–water partition coefficient (Wildman–Crippen LogP) is 14.6. The van der Waals surface area contributed by atoms with Crippen molar-refractivity contribution >= 4 is 110 Å². The lowest BCUT2D eigenvalue weighted by Gasteiger charge is -2.27. The van der Waals surface area contributed by atoms with Crippen molar-refractivity contribution in [1.29, 1.82) is 0 Å². The van der Waals surface area contributed by atoms with Gasteiger partial charge in [0.15, 0.2) is 14.3 Å². The summed E-state index contributed by atoms with van der Waals surface area (Å²) in [6.45, 7) is 4.38. The highest BCUT2D eigenvalue weighted by Gasteiger charge is 2.35. The van der Waals surface area contributed by atoms with E-state index in [4.69, 9.17) is 0 Å². The van der Waals surface area contributed by atoms with Gasteiger partial charge in [-0.15, -0.1) is 0 Å². The van der Waals surface area contributed by atoms with E-state index in [9.17, 15) is 0 Å². The van der Waals surface area contributed by atoms with Crippen molar-refractivity contribution < 1.29 is 9.13 Å². The largest absolute Gasteiger partial charge is 0.309 e. The number of benzene rings is 8. The zero-order chi connectivity index (χ0) is 46.0. The third kappa shape index (κ3) is 9.58. The van der Waals surface area contributed by atoms with Crippen molar-refractivity contribution in [1.82, 2.24) is 0 Å². The molecule has 8 bridgehead atoms. The molecule has 4 unspecified atom stereocenters. The summed E-state index contributed by atoms with van der Waals surface area (Å²) in [5.74, 6) is 0. The van der Waals surface area contributed by atoms with Crippen LogP contribution in [0.4, 0.5) is 0 Å². The van der Waals surface area contributed by atoms with E-state index in [1.807, 2.05) is 121 Å². The van der Waals surface area contributed by atoms with E-state index >= 15 is 9.13 Å². The van der Waals surface area contributed by atoms with Gasteiger partial charge in [-0.3, -0.25) is 0 Å². The first kappa shape index (κ1) is 47.2. The molecule has 0 saturated heterocycles.